The van der Waals surface area contributed by atoms with Gasteiger partial charge in [0.1, 0.15) is 0 Å². The summed E-state index contributed by atoms with van der Waals surface area (Å²) in [5.74, 6) is 2.71. The summed E-state index contributed by atoms with van der Waals surface area (Å²) in [6.45, 7) is 15.0. The number of unbranched alkanes of at least 4 members (excludes halogenated alkanes) is 6. The van der Waals surface area contributed by atoms with Gasteiger partial charge in [0.15, 0.2) is 0 Å². The summed E-state index contributed by atoms with van der Waals surface area (Å²) >= 11 is 0. The second-order valence-electron chi connectivity index (χ2n) is 16.1. The van der Waals surface area contributed by atoms with Crippen molar-refractivity contribution in [2.45, 2.75) is 89.9 Å². The van der Waals surface area contributed by atoms with E-state index in [2.05, 4.69) is 108 Å². The summed E-state index contributed by atoms with van der Waals surface area (Å²) < 4.78 is 0. The van der Waals surface area contributed by atoms with E-state index in [9.17, 15) is 4.79 Å². The summed E-state index contributed by atoms with van der Waals surface area (Å²) in [7, 11) is 0. The van der Waals surface area contributed by atoms with Crippen molar-refractivity contribution in [1.82, 2.24) is 19.8 Å². The Balaban J connectivity index is 0.000000159. The highest BCUT2D eigenvalue weighted by atomic mass is 16.2. The number of benzene rings is 2. The van der Waals surface area contributed by atoms with Gasteiger partial charge in [-0.3, -0.25) is 14.8 Å². The van der Waals surface area contributed by atoms with Gasteiger partial charge in [-0.1, -0.05) is 115 Å². The first kappa shape index (κ1) is 35.6. The molecule has 0 bridgehead atoms. The van der Waals surface area contributed by atoms with Crippen LogP contribution in [0.3, 0.4) is 0 Å². The number of carbonyl (C=O) groups excluding carboxylic acids is 1. The van der Waals surface area contributed by atoms with Crippen molar-refractivity contribution in [1.29, 1.82) is 0 Å². The zero-order chi connectivity index (χ0) is 35.4. The van der Waals surface area contributed by atoms with Crippen molar-refractivity contribution in [2.75, 3.05) is 32.7 Å². The first-order chi connectivity index (χ1) is 24.9. The minimum Gasteiger partial charge on any atom is -0.342 e. The Kier molecular flexibility index (Phi) is 10.8. The van der Waals surface area contributed by atoms with E-state index in [4.69, 9.17) is 0 Å². The molecule has 4 heterocycles. The molecular weight excluding hydrogens is 625 g/mol. The molecule has 0 N–H and O–H groups in total. The van der Waals surface area contributed by atoms with Crippen LogP contribution in [0.25, 0.3) is 22.5 Å². The average molecular weight is 683 g/mol. The summed E-state index contributed by atoms with van der Waals surface area (Å²) in [5, 5.41) is 0. The molecule has 4 aromatic rings. The van der Waals surface area contributed by atoms with Crippen molar-refractivity contribution in [2.24, 2.45) is 23.7 Å². The van der Waals surface area contributed by atoms with Crippen LogP contribution in [0.1, 0.15) is 90.2 Å². The molecule has 51 heavy (non-hydrogen) atoms. The molecule has 8 rings (SSSR count). The van der Waals surface area contributed by atoms with Gasteiger partial charge in [0, 0.05) is 60.5 Å². The Morgan fingerprint density at radius 3 is 1.65 bits per heavy atom. The molecule has 2 saturated carbocycles. The van der Waals surface area contributed by atoms with Crippen molar-refractivity contribution < 1.29 is 4.79 Å². The van der Waals surface area contributed by atoms with Crippen LogP contribution >= 0.6 is 0 Å². The maximum absolute atomic E-state index is 12.9. The molecule has 2 aliphatic carbocycles. The van der Waals surface area contributed by atoms with E-state index in [1.807, 2.05) is 36.7 Å². The standard InChI is InChI=1S/C23H28N2O.C23H30N2/c1-3-4-5-8-14-25-16-19-21(22(25)26)23(19,2)18-11-9-10-17(15-18)20-12-6-7-13-24-20;1-3-4-5-8-14-25-16-20-21(17-25)23(20,2)19-11-9-10-18(15-19)22-12-6-7-13-24-22/h6-7,9-13,15,19,21H,3-5,8,14,16H2,1-2H3;6-7,9-13,15,20-21H,3-5,8,14,16-17H2,1-2H3. The highest BCUT2D eigenvalue weighted by molar-refractivity contribution is 5.88. The Labute approximate surface area is 306 Å². The van der Waals surface area contributed by atoms with Crippen molar-refractivity contribution in [3.63, 3.8) is 0 Å². The Hall–Kier alpha value is -3.83. The van der Waals surface area contributed by atoms with Gasteiger partial charge in [0.05, 0.1) is 17.3 Å². The molecule has 2 saturated heterocycles. The Bertz CT molecular complexity index is 1750. The number of hydrogen-bond donors (Lipinski definition) is 0. The molecule has 2 aromatic carbocycles. The number of hydrogen-bond acceptors (Lipinski definition) is 4. The molecule has 0 spiro atoms. The zero-order valence-electron chi connectivity index (χ0n) is 31.4. The maximum atomic E-state index is 12.9. The fraction of sp³-hybridized carbons (Fsp3) is 0.500. The van der Waals surface area contributed by atoms with E-state index in [0.29, 0.717) is 17.2 Å². The van der Waals surface area contributed by atoms with Crippen LogP contribution in [0.5, 0.6) is 0 Å². The van der Waals surface area contributed by atoms with Gasteiger partial charge in [-0.15, -0.1) is 0 Å². The molecule has 0 radical (unpaired) electrons. The highest BCUT2D eigenvalue weighted by Gasteiger charge is 2.70. The van der Waals surface area contributed by atoms with Crippen LogP contribution in [-0.4, -0.2) is 58.4 Å². The molecule has 268 valence electrons. The number of amides is 1. The van der Waals surface area contributed by atoms with Crippen molar-refractivity contribution in [3.05, 3.63) is 108 Å². The van der Waals surface area contributed by atoms with Crippen LogP contribution in [0.15, 0.2) is 97.3 Å². The van der Waals surface area contributed by atoms with Gasteiger partial charge in [-0.2, -0.15) is 0 Å². The normalized spacial score (nSPS) is 27.5. The molecule has 2 aromatic heterocycles. The predicted octanol–water partition coefficient (Wildman–Crippen LogP) is 9.82. The van der Waals surface area contributed by atoms with Crippen LogP contribution in [0.4, 0.5) is 0 Å². The third-order valence-electron chi connectivity index (χ3n) is 13.0. The van der Waals surface area contributed by atoms with Crippen molar-refractivity contribution >= 4 is 5.91 Å². The van der Waals surface area contributed by atoms with E-state index >= 15 is 0 Å². The van der Waals surface area contributed by atoms with Crippen LogP contribution in [0, 0.1) is 23.7 Å². The summed E-state index contributed by atoms with van der Waals surface area (Å²) in [4.78, 5) is 26.7. The fourth-order valence-corrected chi connectivity index (χ4v) is 9.60. The van der Waals surface area contributed by atoms with Gasteiger partial charge in [0.25, 0.3) is 0 Å². The van der Waals surface area contributed by atoms with Gasteiger partial charge in [-0.25, -0.2) is 0 Å². The van der Waals surface area contributed by atoms with Gasteiger partial charge < -0.3 is 9.80 Å². The topological polar surface area (TPSA) is 49.3 Å². The van der Waals surface area contributed by atoms with E-state index in [1.54, 1.807) is 0 Å². The van der Waals surface area contributed by atoms with Gasteiger partial charge in [0.2, 0.25) is 5.91 Å². The lowest BCUT2D eigenvalue weighted by molar-refractivity contribution is -0.130. The summed E-state index contributed by atoms with van der Waals surface area (Å²) in [6, 6.07) is 29.9. The smallest absolute Gasteiger partial charge is 0.226 e. The van der Waals surface area contributed by atoms with E-state index < -0.39 is 0 Å². The molecule has 4 aliphatic rings. The van der Waals surface area contributed by atoms with E-state index in [0.717, 1.165) is 48.3 Å². The molecule has 4 fully saturated rings. The quantitative estimate of drug-likeness (QED) is 0.124. The second kappa shape index (κ2) is 15.4. The number of pyridine rings is 2. The second-order valence-corrected chi connectivity index (χ2v) is 16.1. The Morgan fingerprint density at radius 1 is 0.608 bits per heavy atom. The van der Waals surface area contributed by atoms with E-state index in [-0.39, 0.29) is 11.3 Å². The molecule has 2 aliphatic heterocycles. The number of piperidine rings is 2. The Morgan fingerprint density at radius 2 is 1.16 bits per heavy atom. The van der Waals surface area contributed by atoms with Crippen LogP contribution in [0.2, 0.25) is 0 Å². The van der Waals surface area contributed by atoms with Gasteiger partial charge in [-0.05, 0) is 84.7 Å². The third kappa shape index (κ3) is 7.16. The molecule has 5 nitrogen and oxygen atoms in total. The first-order valence-corrected chi connectivity index (χ1v) is 19.9. The molecule has 5 atom stereocenters. The zero-order valence-corrected chi connectivity index (χ0v) is 31.4. The summed E-state index contributed by atoms with van der Waals surface area (Å²) in [5.41, 5.74) is 7.64. The average Bonchev–Trinajstić information content (AvgIpc) is 3.73. The largest absolute Gasteiger partial charge is 0.342 e. The highest BCUT2D eigenvalue weighted by Crippen LogP contribution is 2.64. The molecule has 5 unspecified atom stereocenters. The number of likely N-dealkylation sites (tertiary alicyclic amines) is 2. The predicted molar refractivity (Wildman–Crippen MR) is 209 cm³/mol. The van der Waals surface area contributed by atoms with Crippen LogP contribution < -0.4 is 0 Å². The first-order valence-electron chi connectivity index (χ1n) is 19.9. The monoisotopic (exact) mass is 682 g/mol. The number of fused-ring (bicyclic) bond motifs is 2. The number of carbonyl (C=O) groups is 1. The number of rotatable bonds is 14. The van der Waals surface area contributed by atoms with Crippen molar-refractivity contribution in [3.8, 4) is 22.5 Å². The van der Waals surface area contributed by atoms with Crippen LogP contribution in [-0.2, 0) is 15.6 Å². The van der Waals surface area contributed by atoms with E-state index in [1.165, 1.54) is 81.3 Å². The minimum absolute atomic E-state index is 0.00178. The fourth-order valence-electron chi connectivity index (χ4n) is 9.60. The van der Waals surface area contributed by atoms with Gasteiger partial charge >= 0.3 is 0 Å². The third-order valence-corrected chi connectivity index (χ3v) is 13.0. The lowest BCUT2D eigenvalue weighted by Crippen LogP contribution is -2.34. The lowest BCUT2D eigenvalue weighted by atomic mass is 9.90. The maximum Gasteiger partial charge on any atom is 0.226 e. The summed E-state index contributed by atoms with van der Waals surface area (Å²) in [6.07, 6.45) is 14.1. The molecule has 1 amide bonds. The number of aromatic nitrogens is 2. The lowest BCUT2D eigenvalue weighted by Gasteiger charge is -2.25. The molecule has 5 heteroatoms. The minimum atomic E-state index is 0.00178. The SMILES string of the molecule is CCCCCCN1CC2C(C1)C2(C)c1cccc(-c2ccccn2)c1.CCCCCCN1CC2C(C1=O)C2(C)c1cccc(-c2ccccn2)c1. The number of nitrogens with zero attached hydrogens (tertiary/aromatic N) is 4. The molecular formula is C46H58N4O.